The summed E-state index contributed by atoms with van der Waals surface area (Å²) in [6.07, 6.45) is 0.410. The fourth-order valence-corrected chi connectivity index (χ4v) is 5.10. The Bertz CT molecular complexity index is 1100. The Balaban J connectivity index is 1.82. The number of anilines is 1. The molecular formula is C19H18BrN5O5S2. The number of hydrazone groups is 1. The van der Waals surface area contributed by atoms with Crippen LogP contribution in [0.4, 0.5) is 16.2 Å². The van der Waals surface area contributed by atoms with Gasteiger partial charge in [-0.2, -0.15) is 10.2 Å². The number of nitro groups is 1. The van der Waals surface area contributed by atoms with Crippen molar-refractivity contribution in [3.05, 3.63) is 62.6 Å². The number of benzene rings is 2. The van der Waals surface area contributed by atoms with Crippen LogP contribution in [-0.4, -0.2) is 52.8 Å². The Morgan fingerprint density at radius 2 is 2.03 bits per heavy atom. The van der Waals surface area contributed by atoms with Crippen molar-refractivity contribution in [3.8, 4) is 5.75 Å². The second-order valence-corrected chi connectivity index (χ2v) is 10.4. The van der Waals surface area contributed by atoms with Gasteiger partial charge in [-0.25, -0.2) is 9.80 Å². The number of urea groups is 1. The van der Waals surface area contributed by atoms with E-state index < -0.39 is 21.9 Å². The largest absolute Gasteiger partial charge is 0.507 e. The molecule has 1 heterocycles. The number of rotatable bonds is 5. The van der Waals surface area contributed by atoms with Crippen LogP contribution in [-0.2, 0) is 0 Å². The summed E-state index contributed by atoms with van der Waals surface area (Å²) in [6, 6.07) is 9.15. The second kappa shape index (κ2) is 9.40. The Morgan fingerprint density at radius 1 is 1.38 bits per heavy atom. The van der Waals surface area contributed by atoms with Gasteiger partial charge in [0.05, 0.1) is 15.9 Å². The zero-order chi connectivity index (χ0) is 23.6. The van der Waals surface area contributed by atoms with E-state index in [1.165, 1.54) is 53.3 Å². The third-order valence-electron chi connectivity index (χ3n) is 4.47. The van der Waals surface area contributed by atoms with E-state index >= 15 is 0 Å². The minimum absolute atomic E-state index is 0.00213. The van der Waals surface area contributed by atoms with Crippen molar-refractivity contribution >= 4 is 67.9 Å². The average Bonchev–Trinajstić information content (AvgIpc) is 2.95. The molecule has 0 aromatic heterocycles. The van der Waals surface area contributed by atoms with Crippen LogP contribution in [0.5, 0.6) is 5.75 Å². The van der Waals surface area contributed by atoms with Crippen LogP contribution < -0.4 is 5.32 Å². The molecule has 3 rings (SSSR count). The number of nitrogens with one attached hydrogen (secondary N) is 1. The predicted molar refractivity (Wildman–Crippen MR) is 129 cm³/mol. The van der Waals surface area contributed by atoms with Crippen molar-refractivity contribution in [2.75, 3.05) is 5.32 Å². The lowest BCUT2D eigenvalue weighted by Gasteiger charge is -2.34. The van der Waals surface area contributed by atoms with Crippen LogP contribution in [0.2, 0.25) is 0 Å². The van der Waals surface area contributed by atoms with Crippen molar-refractivity contribution in [1.82, 2.24) is 10.1 Å². The highest BCUT2D eigenvalue weighted by molar-refractivity contribution is 9.10. The first-order valence-electron chi connectivity index (χ1n) is 9.08. The van der Waals surface area contributed by atoms with E-state index in [2.05, 4.69) is 26.3 Å². The van der Waals surface area contributed by atoms with Crippen LogP contribution in [0.15, 0.2) is 52.0 Å². The summed E-state index contributed by atoms with van der Waals surface area (Å²) in [4.78, 5) is 22.9. The highest BCUT2D eigenvalue weighted by Crippen LogP contribution is 2.42. The topological polar surface area (TPSA) is 132 Å². The molecule has 168 valence electrons. The van der Waals surface area contributed by atoms with Crippen molar-refractivity contribution < 1.29 is 20.0 Å². The Hall–Kier alpha value is -2.74. The summed E-state index contributed by atoms with van der Waals surface area (Å²) in [5.74, 6) is 0.00213. The number of hydroxylamine groups is 2. The highest BCUT2D eigenvalue weighted by atomic mass is 79.9. The first kappa shape index (κ1) is 23.9. The third kappa shape index (κ3) is 5.18. The number of carbonyl (C=O) groups is 1. The zero-order valence-electron chi connectivity index (χ0n) is 16.8. The second-order valence-electron chi connectivity index (χ2n) is 7.22. The molecule has 2 amide bonds. The van der Waals surface area contributed by atoms with Crippen LogP contribution in [0.3, 0.4) is 0 Å². The maximum absolute atomic E-state index is 12.7. The molecule has 13 heteroatoms. The molecule has 0 saturated carbocycles. The predicted octanol–water partition coefficient (Wildman–Crippen LogP) is 4.76. The minimum atomic E-state index is -0.969. The molecular weight excluding hydrogens is 522 g/mol. The molecule has 0 aliphatic carbocycles. The fraction of sp³-hybridized carbons (Fsp3) is 0.211. The maximum Gasteiger partial charge on any atom is 0.347 e. The molecule has 1 unspecified atom stereocenters. The molecule has 1 saturated heterocycles. The number of thiocarbonyl (C=S) groups is 1. The molecule has 0 spiro atoms. The number of hydrogen-bond donors (Lipinski definition) is 3. The summed E-state index contributed by atoms with van der Waals surface area (Å²) in [7, 11) is 0. The first-order valence-corrected chi connectivity index (χ1v) is 11.1. The van der Waals surface area contributed by atoms with Crippen molar-refractivity contribution in [2.24, 2.45) is 5.10 Å². The van der Waals surface area contributed by atoms with E-state index in [-0.39, 0.29) is 17.1 Å². The van der Waals surface area contributed by atoms with Gasteiger partial charge in [0.1, 0.15) is 5.75 Å². The van der Waals surface area contributed by atoms with Crippen molar-refractivity contribution in [1.29, 1.82) is 0 Å². The standard InChI is InChI=1S/C19H18BrN5O5S2/c1-19(2)16(24(28)17(27)22-13-4-6-14(7-5-13)25(29)30)23(18(31)32-19)21-10-11-9-12(20)3-8-15(11)26/h3-10,16,26,28H,1-2H3,(H,22,27). The molecule has 1 aliphatic heterocycles. The molecule has 3 N–H and O–H groups in total. The minimum Gasteiger partial charge on any atom is -0.507 e. The highest BCUT2D eigenvalue weighted by Gasteiger charge is 2.50. The number of phenolic OH excluding ortho intramolecular Hbond substituents is 1. The molecule has 0 bridgehead atoms. The summed E-state index contributed by atoms with van der Waals surface area (Å²) in [6.45, 7) is 3.59. The normalized spacial score (nSPS) is 17.6. The zero-order valence-corrected chi connectivity index (χ0v) is 20.0. The van der Waals surface area contributed by atoms with E-state index in [0.717, 1.165) is 4.47 Å². The summed E-state index contributed by atoms with van der Waals surface area (Å²) in [5, 5.41) is 40.1. The van der Waals surface area contributed by atoms with Crippen LogP contribution in [0.1, 0.15) is 19.4 Å². The summed E-state index contributed by atoms with van der Waals surface area (Å²) < 4.78 is 0.334. The van der Waals surface area contributed by atoms with Gasteiger partial charge in [0, 0.05) is 27.9 Å². The lowest BCUT2D eigenvalue weighted by molar-refractivity contribution is -0.384. The number of aromatic hydroxyl groups is 1. The monoisotopic (exact) mass is 539 g/mol. The van der Waals surface area contributed by atoms with Gasteiger partial charge in [-0.15, -0.1) is 0 Å². The smallest absolute Gasteiger partial charge is 0.347 e. The van der Waals surface area contributed by atoms with Gasteiger partial charge in [0.15, 0.2) is 10.5 Å². The number of nitrogens with zero attached hydrogens (tertiary/aromatic N) is 4. The summed E-state index contributed by atoms with van der Waals surface area (Å²) >= 11 is 9.96. The van der Waals surface area contributed by atoms with Gasteiger partial charge in [0.2, 0.25) is 0 Å². The van der Waals surface area contributed by atoms with Crippen LogP contribution in [0, 0.1) is 10.1 Å². The number of nitro benzene ring substituents is 1. The lowest BCUT2D eigenvalue weighted by atomic mass is 10.1. The van der Waals surface area contributed by atoms with Gasteiger partial charge in [-0.1, -0.05) is 39.9 Å². The molecule has 2 aromatic carbocycles. The quantitative estimate of drug-likeness (QED) is 0.163. The number of amides is 2. The van der Waals surface area contributed by atoms with Gasteiger partial charge in [-0.05, 0) is 44.2 Å². The average molecular weight is 540 g/mol. The van der Waals surface area contributed by atoms with Gasteiger partial charge >= 0.3 is 6.03 Å². The maximum atomic E-state index is 12.7. The third-order valence-corrected chi connectivity index (χ3v) is 6.50. The molecule has 1 aliphatic rings. The van der Waals surface area contributed by atoms with Crippen LogP contribution >= 0.6 is 39.9 Å². The number of halogens is 1. The Morgan fingerprint density at radius 3 is 2.66 bits per heavy atom. The number of non-ortho nitro benzene ring substituents is 1. The van der Waals surface area contributed by atoms with E-state index in [1.807, 2.05) is 0 Å². The number of hydrogen-bond acceptors (Lipinski definition) is 8. The van der Waals surface area contributed by atoms with Gasteiger partial charge in [0.25, 0.3) is 5.69 Å². The Kier molecular flexibility index (Phi) is 7.03. The molecule has 32 heavy (non-hydrogen) atoms. The molecule has 1 atom stereocenters. The van der Waals surface area contributed by atoms with Crippen LogP contribution in [0.25, 0.3) is 0 Å². The van der Waals surface area contributed by atoms with E-state index in [0.29, 0.717) is 14.9 Å². The molecule has 2 aromatic rings. The summed E-state index contributed by atoms with van der Waals surface area (Å²) in [5.41, 5.74) is 0.550. The Labute approximate surface area is 201 Å². The van der Waals surface area contributed by atoms with E-state index in [1.54, 1.807) is 26.0 Å². The fourth-order valence-electron chi connectivity index (χ4n) is 2.94. The van der Waals surface area contributed by atoms with E-state index in [9.17, 15) is 25.2 Å². The van der Waals surface area contributed by atoms with Crippen molar-refractivity contribution in [2.45, 2.75) is 24.8 Å². The molecule has 1 fully saturated rings. The first-order chi connectivity index (χ1) is 15.0. The molecule has 10 nitrogen and oxygen atoms in total. The number of phenols is 1. The number of carbonyl (C=O) groups excluding carboxylic acids is 1. The van der Waals surface area contributed by atoms with Crippen molar-refractivity contribution in [3.63, 3.8) is 0 Å². The van der Waals surface area contributed by atoms with Gasteiger partial charge in [-0.3, -0.25) is 15.3 Å². The van der Waals surface area contributed by atoms with E-state index in [4.69, 9.17) is 12.2 Å². The van der Waals surface area contributed by atoms with Gasteiger partial charge < -0.3 is 10.4 Å². The SMILES string of the molecule is CC1(C)SC(=S)N(N=Cc2cc(Br)ccc2O)C1N(O)C(=O)Nc1ccc([N+](=O)[O-])cc1. The lowest BCUT2D eigenvalue weighted by Crippen LogP contribution is -2.54. The molecule has 0 radical (unpaired) electrons. The number of thioether (sulfide) groups is 1.